The molecule has 0 bridgehead atoms. The van der Waals surface area contributed by atoms with Crippen molar-refractivity contribution in [2.24, 2.45) is 5.41 Å². The van der Waals surface area contributed by atoms with Crippen LogP contribution < -0.4 is 5.32 Å². The lowest BCUT2D eigenvalue weighted by molar-refractivity contribution is -0.136. The zero-order chi connectivity index (χ0) is 18.4. The Morgan fingerprint density at radius 3 is 2.76 bits per heavy atom. The summed E-state index contributed by atoms with van der Waals surface area (Å²) in [5.74, 6) is -1.98. The summed E-state index contributed by atoms with van der Waals surface area (Å²) in [6.45, 7) is 5.79. The van der Waals surface area contributed by atoms with Gasteiger partial charge in [0, 0.05) is 35.1 Å². The van der Waals surface area contributed by atoms with E-state index in [0.29, 0.717) is 24.1 Å². The van der Waals surface area contributed by atoms with Crippen LogP contribution in [0.1, 0.15) is 45.1 Å². The van der Waals surface area contributed by atoms with Gasteiger partial charge in [0.15, 0.2) is 5.78 Å². The molecule has 0 aromatic carbocycles. The van der Waals surface area contributed by atoms with Crippen molar-refractivity contribution >= 4 is 11.8 Å². The van der Waals surface area contributed by atoms with Crippen molar-refractivity contribution in [1.29, 1.82) is 0 Å². The summed E-state index contributed by atoms with van der Waals surface area (Å²) in [6.07, 6.45) is 3.56. The average Bonchev–Trinajstić information content (AvgIpc) is 2.52. The van der Waals surface area contributed by atoms with Gasteiger partial charge in [0.25, 0.3) is 0 Å². The van der Waals surface area contributed by atoms with Crippen LogP contribution in [0.4, 0.5) is 4.39 Å². The normalized spacial score (nSPS) is 22.4. The number of nitrogens with one attached hydrogen (secondary N) is 1. The lowest BCUT2D eigenvalue weighted by Crippen LogP contribution is -2.38. The maximum absolute atomic E-state index is 14.5. The Bertz CT molecular complexity index is 824. The van der Waals surface area contributed by atoms with E-state index >= 15 is 0 Å². The number of ether oxygens (including phenoxy) is 1. The molecular weight excluding hydrogens is 323 g/mol. The standard InChI is InChI=1S/C19H21FN2O3/c1-10-15(18(24)25-4)16(11-5-6-21-9-12(11)20)17-13(22-10)7-19(2,3)8-14(17)23/h5-6,9,16,22H,7-8H2,1-4H3/t16-/m0/s1. The fraction of sp³-hybridized carbons (Fsp3) is 0.421. The van der Waals surface area contributed by atoms with Crippen LogP contribution >= 0.6 is 0 Å². The van der Waals surface area contributed by atoms with Gasteiger partial charge in [0.05, 0.1) is 24.8 Å². The molecule has 5 nitrogen and oxygen atoms in total. The van der Waals surface area contributed by atoms with Crippen molar-refractivity contribution in [3.05, 3.63) is 52.4 Å². The van der Waals surface area contributed by atoms with E-state index in [1.54, 1.807) is 6.92 Å². The monoisotopic (exact) mass is 344 g/mol. The van der Waals surface area contributed by atoms with Gasteiger partial charge in [0.1, 0.15) is 5.82 Å². The first-order valence-corrected chi connectivity index (χ1v) is 8.17. The second kappa shape index (κ2) is 6.10. The van der Waals surface area contributed by atoms with Crippen LogP contribution in [-0.4, -0.2) is 23.8 Å². The quantitative estimate of drug-likeness (QED) is 0.836. The van der Waals surface area contributed by atoms with Crippen LogP contribution in [-0.2, 0) is 14.3 Å². The molecule has 0 saturated carbocycles. The van der Waals surface area contributed by atoms with E-state index in [0.717, 1.165) is 11.9 Å². The molecule has 1 aromatic heterocycles. The van der Waals surface area contributed by atoms with E-state index in [2.05, 4.69) is 10.3 Å². The van der Waals surface area contributed by atoms with E-state index in [4.69, 9.17) is 4.74 Å². The highest BCUT2D eigenvalue weighted by Crippen LogP contribution is 2.47. The SMILES string of the molecule is COC(=O)C1=C(C)NC2=C(C(=O)CC(C)(C)C2)[C@H]1c1ccncc1F. The van der Waals surface area contributed by atoms with E-state index in [1.807, 2.05) is 13.8 Å². The molecule has 0 radical (unpaired) electrons. The van der Waals surface area contributed by atoms with Crippen molar-refractivity contribution in [3.8, 4) is 0 Å². The van der Waals surface area contributed by atoms with Gasteiger partial charge in [-0.3, -0.25) is 9.78 Å². The number of carbonyl (C=O) groups excluding carboxylic acids is 2. The van der Waals surface area contributed by atoms with Crippen LogP contribution in [0.5, 0.6) is 0 Å². The Morgan fingerprint density at radius 1 is 1.40 bits per heavy atom. The minimum atomic E-state index is -0.782. The van der Waals surface area contributed by atoms with E-state index in [-0.39, 0.29) is 22.3 Å². The Morgan fingerprint density at radius 2 is 2.12 bits per heavy atom. The summed E-state index contributed by atoms with van der Waals surface area (Å²) in [6, 6.07) is 1.51. The number of Topliss-reactive ketones (excluding diaryl/α,β-unsaturated/α-hetero) is 1. The third kappa shape index (κ3) is 2.97. The molecule has 0 unspecified atom stereocenters. The maximum Gasteiger partial charge on any atom is 0.336 e. The summed E-state index contributed by atoms with van der Waals surface area (Å²) < 4.78 is 19.4. The van der Waals surface area contributed by atoms with E-state index < -0.39 is 17.7 Å². The number of aromatic nitrogens is 1. The molecule has 0 saturated heterocycles. The van der Waals surface area contributed by atoms with Crippen molar-refractivity contribution in [3.63, 3.8) is 0 Å². The third-order valence-electron chi connectivity index (χ3n) is 4.76. The molecule has 1 aromatic rings. The highest BCUT2D eigenvalue weighted by Gasteiger charge is 2.43. The molecule has 2 heterocycles. The zero-order valence-electron chi connectivity index (χ0n) is 14.8. The van der Waals surface area contributed by atoms with Gasteiger partial charge >= 0.3 is 5.97 Å². The lowest BCUT2D eigenvalue weighted by Gasteiger charge is -2.39. The lowest BCUT2D eigenvalue weighted by atomic mass is 9.68. The number of rotatable bonds is 2. The first kappa shape index (κ1) is 17.3. The molecule has 2 aliphatic rings. The van der Waals surface area contributed by atoms with Gasteiger partial charge in [0.2, 0.25) is 0 Å². The molecule has 6 heteroatoms. The molecule has 25 heavy (non-hydrogen) atoms. The Hall–Kier alpha value is -2.50. The molecule has 1 atom stereocenters. The number of nitrogens with zero attached hydrogens (tertiary/aromatic N) is 1. The number of carbonyl (C=O) groups is 2. The highest BCUT2D eigenvalue weighted by atomic mass is 19.1. The van der Waals surface area contributed by atoms with Gasteiger partial charge in [-0.1, -0.05) is 13.8 Å². The van der Waals surface area contributed by atoms with Crippen LogP contribution in [0, 0.1) is 11.2 Å². The van der Waals surface area contributed by atoms with Crippen LogP contribution in [0.3, 0.4) is 0 Å². The molecule has 0 amide bonds. The Labute approximate surface area is 146 Å². The second-order valence-electron chi connectivity index (χ2n) is 7.32. The number of esters is 1. The predicted molar refractivity (Wildman–Crippen MR) is 89.8 cm³/mol. The van der Waals surface area contributed by atoms with Gasteiger partial charge in [-0.05, 0) is 24.8 Å². The van der Waals surface area contributed by atoms with Crippen LogP contribution in [0.25, 0.3) is 0 Å². The van der Waals surface area contributed by atoms with Crippen molar-refractivity contribution in [2.45, 2.75) is 39.5 Å². The summed E-state index contributed by atoms with van der Waals surface area (Å²) >= 11 is 0. The smallest absolute Gasteiger partial charge is 0.336 e. The van der Waals surface area contributed by atoms with E-state index in [1.165, 1.54) is 19.4 Å². The predicted octanol–water partition coefficient (Wildman–Crippen LogP) is 3.00. The topological polar surface area (TPSA) is 68.3 Å². The first-order valence-electron chi connectivity index (χ1n) is 8.17. The average molecular weight is 344 g/mol. The minimum absolute atomic E-state index is 0.0751. The maximum atomic E-state index is 14.5. The molecule has 132 valence electrons. The minimum Gasteiger partial charge on any atom is -0.466 e. The molecule has 3 rings (SSSR count). The van der Waals surface area contributed by atoms with Crippen LogP contribution in [0.2, 0.25) is 0 Å². The Kier molecular flexibility index (Phi) is 4.22. The summed E-state index contributed by atoms with van der Waals surface area (Å²) in [5, 5.41) is 3.19. The molecular formula is C19H21FN2O3. The first-order chi connectivity index (χ1) is 11.7. The van der Waals surface area contributed by atoms with Gasteiger partial charge in [-0.15, -0.1) is 0 Å². The Balaban J connectivity index is 2.24. The number of halogens is 1. The van der Waals surface area contributed by atoms with Gasteiger partial charge in [-0.25, -0.2) is 9.18 Å². The number of methoxy groups -OCH3 is 1. The van der Waals surface area contributed by atoms with E-state index in [9.17, 15) is 14.0 Å². The van der Waals surface area contributed by atoms with Gasteiger partial charge < -0.3 is 10.1 Å². The number of hydrogen-bond donors (Lipinski definition) is 1. The zero-order valence-corrected chi connectivity index (χ0v) is 14.8. The molecule has 0 fully saturated rings. The summed E-state index contributed by atoms with van der Waals surface area (Å²) in [7, 11) is 1.28. The second-order valence-corrected chi connectivity index (χ2v) is 7.32. The van der Waals surface area contributed by atoms with Crippen molar-refractivity contribution in [1.82, 2.24) is 10.3 Å². The van der Waals surface area contributed by atoms with Crippen molar-refractivity contribution in [2.75, 3.05) is 7.11 Å². The number of dihydropyridines is 1. The van der Waals surface area contributed by atoms with Crippen LogP contribution in [0.15, 0.2) is 41.0 Å². The van der Waals surface area contributed by atoms with Crippen molar-refractivity contribution < 1.29 is 18.7 Å². The number of ketones is 1. The highest BCUT2D eigenvalue weighted by molar-refractivity contribution is 6.04. The van der Waals surface area contributed by atoms with Gasteiger partial charge in [-0.2, -0.15) is 0 Å². The number of pyridine rings is 1. The fourth-order valence-electron chi connectivity index (χ4n) is 3.75. The number of allylic oxidation sites excluding steroid dienone is 3. The largest absolute Gasteiger partial charge is 0.466 e. The summed E-state index contributed by atoms with van der Waals surface area (Å²) in [5.41, 5.74) is 2.13. The third-order valence-corrected chi connectivity index (χ3v) is 4.76. The fourth-order valence-corrected chi connectivity index (χ4v) is 3.75. The summed E-state index contributed by atoms with van der Waals surface area (Å²) in [4.78, 5) is 29.1. The molecule has 1 aliphatic heterocycles. The molecule has 0 spiro atoms. The molecule has 1 aliphatic carbocycles. The molecule has 1 N–H and O–H groups in total. The number of hydrogen-bond acceptors (Lipinski definition) is 5.